The van der Waals surface area contributed by atoms with Gasteiger partial charge in [0.1, 0.15) is 0 Å². The molecule has 0 unspecified atom stereocenters. The molecule has 0 spiro atoms. The van der Waals surface area contributed by atoms with Gasteiger partial charge in [-0.1, -0.05) is 24.3 Å². The van der Waals surface area contributed by atoms with Crippen molar-refractivity contribution in [3.63, 3.8) is 0 Å². The summed E-state index contributed by atoms with van der Waals surface area (Å²) in [5.74, 6) is 1.48. The summed E-state index contributed by atoms with van der Waals surface area (Å²) in [6.07, 6.45) is 2.38. The van der Waals surface area contributed by atoms with Crippen molar-refractivity contribution in [2.75, 3.05) is 6.79 Å². The molecule has 1 aliphatic rings. The van der Waals surface area contributed by atoms with E-state index in [0.29, 0.717) is 6.42 Å². The molecular formula is C20H20N2O3. The molecule has 1 aromatic heterocycles. The van der Waals surface area contributed by atoms with Crippen molar-refractivity contribution in [2.24, 2.45) is 7.05 Å². The van der Waals surface area contributed by atoms with Crippen LogP contribution in [0.4, 0.5) is 0 Å². The minimum absolute atomic E-state index is 0.00141. The van der Waals surface area contributed by atoms with Gasteiger partial charge in [-0.2, -0.15) is 0 Å². The maximum Gasteiger partial charge on any atom is 0.231 e. The molecule has 0 bridgehead atoms. The monoisotopic (exact) mass is 336 g/mol. The number of para-hydroxylation sites is 1. The number of hydrogen-bond donors (Lipinski definition) is 1. The smallest absolute Gasteiger partial charge is 0.231 e. The number of aromatic nitrogens is 1. The standard InChI is InChI=1S/C20H20N2O3/c1-13(14-7-8-18-19(9-14)25-12-24-18)21-20(23)10-15-11-22(2)17-6-4-3-5-16(15)17/h3-9,11,13H,10,12H2,1-2H3,(H,21,23)/t13-/m0/s1. The summed E-state index contributed by atoms with van der Waals surface area (Å²) < 4.78 is 12.8. The zero-order chi connectivity index (χ0) is 17.4. The summed E-state index contributed by atoms with van der Waals surface area (Å²) in [6.45, 7) is 2.22. The van der Waals surface area contributed by atoms with Crippen LogP contribution in [-0.4, -0.2) is 17.3 Å². The topological polar surface area (TPSA) is 52.5 Å². The molecule has 3 aromatic rings. The lowest BCUT2D eigenvalue weighted by atomic mass is 10.1. The first kappa shape index (κ1) is 15.6. The van der Waals surface area contributed by atoms with Crippen LogP contribution in [0.5, 0.6) is 11.5 Å². The van der Waals surface area contributed by atoms with Crippen molar-refractivity contribution in [1.29, 1.82) is 0 Å². The third-order valence-electron chi connectivity index (χ3n) is 4.60. The van der Waals surface area contributed by atoms with E-state index in [9.17, 15) is 4.79 Å². The first-order valence-electron chi connectivity index (χ1n) is 8.33. The number of ether oxygens (including phenoxy) is 2. The van der Waals surface area contributed by atoms with Crippen LogP contribution in [-0.2, 0) is 18.3 Å². The predicted octanol–water partition coefficient (Wildman–Crippen LogP) is 3.33. The van der Waals surface area contributed by atoms with Crippen molar-refractivity contribution in [2.45, 2.75) is 19.4 Å². The Labute approximate surface area is 146 Å². The number of carbonyl (C=O) groups excluding carboxylic acids is 1. The van der Waals surface area contributed by atoms with E-state index in [0.717, 1.165) is 33.5 Å². The highest BCUT2D eigenvalue weighted by Crippen LogP contribution is 2.34. The van der Waals surface area contributed by atoms with Gasteiger partial charge in [0.2, 0.25) is 12.7 Å². The van der Waals surface area contributed by atoms with E-state index in [1.807, 2.05) is 50.5 Å². The minimum Gasteiger partial charge on any atom is -0.454 e. The molecule has 128 valence electrons. The molecule has 2 heterocycles. The number of nitrogens with zero attached hydrogens (tertiary/aromatic N) is 1. The number of amides is 1. The second-order valence-electron chi connectivity index (χ2n) is 6.36. The molecule has 2 aromatic carbocycles. The molecule has 0 aliphatic carbocycles. The van der Waals surface area contributed by atoms with Crippen molar-refractivity contribution in [3.05, 3.63) is 59.8 Å². The number of rotatable bonds is 4. The second-order valence-corrected chi connectivity index (χ2v) is 6.36. The Morgan fingerprint density at radius 1 is 1.20 bits per heavy atom. The van der Waals surface area contributed by atoms with Gasteiger partial charge in [-0.25, -0.2) is 0 Å². The number of nitrogens with one attached hydrogen (secondary N) is 1. The summed E-state index contributed by atoms with van der Waals surface area (Å²) >= 11 is 0. The second kappa shape index (κ2) is 6.16. The Hall–Kier alpha value is -2.95. The molecule has 5 heteroatoms. The van der Waals surface area contributed by atoms with Crippen LogP contribution in [0.15, 0.2) is 48.7 Å². The third-order valence-corrected chi connectivity index (χ3v) is 4.60. The van der Waals surface area contributed by atoms with Gasteiger partial charge < -0.3 is 19.4 Å². The van der Waals surface area contributed by atoms with Gasteiger partial charge in [-0.15, -0.1) is 0 Å². The molecule has 1 N–H and O–H groups in total. The lowest BCUT2D eigenvalue weighted by molar-refractivity contribution is -0.121. The zero-order valence-electron chi connectivity index (χ0n) is 14.3. The quantitative estimate of drug-likeness (QED) is 0.795. The molecule has 0 saturated carbocycles. The summed E-state index contributed by atoms with van der Waals surface area (Å²) in [6, 6.07) is 13.8. The highest BCUT2D eigenvalue weighted by Gasteiger charge is 2.17. The highest BCUT2D eigenvalue weighted by atomic mass is 16.7. The zero-order valence-corrected chi connectivity index (χ0v) is 14.3. The number of aryl methyl sites for hydroxylation is 1. The number of carbonyl (C=O) groups is 1. The van der Waals surface area contributed by atoms with Crippen molar-refractivity contribution < 1.29 is 14.3 Å². The Kier molecular flexibility index (Phi) is 3.84. The predicted molar refractivity (Wildman–Crippen MR) is 95.7 cm³/mol. The van der Waals surface area contributed by atoms with Crippen LogP contribution in [0.2, 0.25) is 0 Å². The number of fused-ring (bicyclic) bond motifs is 2. The van der Waals surface area contributed by atoms with E-state index in [1.165, 1.54) is 0 Å². The Morgan fingerprint density at radius 3 is 2.88 bits per heavy atom. The largest absolute Gasteiger partial charge is 0.454 e. The normalized spacial score (nSPS) is 13.8. The van der Waals surface area contributed by atoms with Crippen molar-refractivity contribution in [1.82, 2.24) is 9.88 Å². The van der Waals surface area contributed by atoms with E-state index in [4.69, 9.17) is 9.47 Å². The molecule has 4 rings (SSSR count). The number of benzene rings is 2. The molecule has 5 nitrogen and oxygen atoms in total. The van der Waals surface area contributed by atoms with Gasteiger partial charge in [-0.3, -0.25) is 4.79 Å². The van der Waals surface area contributed by atoms with E-state index >= 15 is 0 Å². The summed E-state index contributed by atoms with van der Waals surface area (Å²) in [7, 11) is 2.00. The molecule has 0 radical (unpaired) electrons. The van der Waals surface area contributed by atoms with Crippen molar-refractivity contribution >= 4 is 16.8 Å². The fourth-order valence-corrected chi connectivity index (χ4v) is 3.30. The Morgan fingerprint density at radius 2 is 2.00 bits per heavy atom. The first-order chi connectivity index (χ1) is 12.1. The lowest BCUT2D eigenvalue weighted by Gasteiger charge is -2.14. The molecule has 1 amide bonds. The molecule has 1 atom stereocenters. The highest BCUT2D eigenvalue weighted by molar-refractivity contribution is 5.89. The van der Waals surface area contributed by atoms with Gasteiger partial charge in [0, 0.05) is 24.1 Å². The Bertz CT molecular complexity index is 945. The average molecular weight is 336 g/mol. The SMILES string of the molecule is C[C@H](NC(=O)Cc1cn(C)c2ccccc12)c1ccc2c(c1)OCO2. The summed E-state index contributed by atoms with van der Waals surface area (Å²) in [5, 5.41) is 4.19. The van der Waals surface area contributed by atoms with Gasteiger partial charge in [-0.05, 0) is 36.2 Å². The van der Waals surface area contributed by atoms with Gasteiger partial charge in [0.05, 0.1) is 12.5 Å². The number of hydrogen-bond acceptors (Lipinski definition) is 3. The molecular weight excluding hydrogens is 316 g/mol. The molecule has 0 saturated heterocycles. The summed E-state index contributed by atoms with van der Waals surface area (Å²) in [4.78, 5) is 12.5. The van der Waals surface area contributed by atoms with Gasteiger partial charge in [0.25, 0.3) is 0 Å². The fourth-order valence-electron chi connectivity index (χ4n) is 3.30. The molecule has 25 heavy (non-hydrogen) atoms. The summed E-state index contributed by atoms with van der Waals surface area (Å²) in [5.41, 5.74) is 3.16. The van der Waals surface area contributed by atoms with Crippen LogP contribution < -0.4 is 14.8 Å². The van der Waals surface area contributed by atoms with E-state index in [1.54, 1.807) is 0 Å². The van der Waals surface area contributed by atoms with Crippen LogP contribution in [0, 0.1) is 0 Å². The average Bonchev–Trinajstić information content (AvgIpc) is 3.19. The van der Waals surface area contributed by atoms with Gasteiger partial charge in [0.15, 0.2) is 11.5 Å². The maximum atomic E-state index is 12.5. The molecule has 0 fully saturated rings. The maximum absolute atomic E-state index is 12.5. The van der Waals surface area contributed by atoms with E-state index in [2.05, 4.69) is 22.0 Å². The first-order valence-corrected chi connectivity index (χ1v) is 8.33. The van der Waals surface area contributed by atoms with Crippen molar-refractivity contribution in [3.8, 4) is 11.5 Å². The molecule has 1 aliphatic heterocycles. The van der Waals surface area contributed by atoms with E-state index in [-0.39, 0.29) is 18.7 Å². The van der Waals surface area contributed by atoms with Crippen LogP contribution >= 0.6 is 0 Å². The van der Waals surface area contributed by atoms with E-state index < -0.39 is 0 Å². The van der Waals surface area contributed by atoms with Crippen LogP contribution in [0.1, 0.15) is 24.1 Å². The van der Waals surface area contributed by atoms with Gasteiger partial charge >= 0.3 is 0 Å². The van der Waals surface area contributed by atoms with Crippen LogP contribution in [0.3, 0.4) is 0 Å². The Balaban J connectivity index is 1.48. The van der Waals surface area contributed by atoms with Crippen LogP contribution in [0.25, 0.3) is 10.9 Å². The fraction of sp³-hybridized carbons (Fsp3) is 0.250. The third kappa shape index (κ3) is 2.93. The minimum atomic E-state index is -0.100. The lowest BCUT2D eigenvalue weighted by Crippen LogP contribution is -2.28.